The molecule has 3 rings (SSSR count). The highest BCUT2D eigenvalue weighted by molar-refractivity contribution is 5.82. The summed E-state index contributed by atoms with van der Waals surface area (Å²) in [6.07, 6.45) is 5.83. The lowest BCUT2D eigenvalue weighted by Gasteiger charge is -2.36. The first kappa shape index (κ1) is 18.9. The van der Waals surface area contributed by atoms with E-state index in [9.17, 15) is 13.2 Å². The van der Waals surface area contributed by atoms with Gasteiger partial charge in [-0.2, -0.15) is 18.3 Å². The van der Waals surface area contributed by atoms with Gasteiger partial charge >= 0.3 is 6.18 Å². The summed E-state index contributed by atoms with van der Waals surface area (Å²) in [6.45, 7) is 3.87. The summed E-state index contributed by atoms with van der Waals surface area (Å²) in [4.78, 5) is 6.53. The molecule has 26 heavy (non-hydrogen) atoms. The molecular weight excluding hydrogens is 343 g/mol. The quantitative estimate of drug-likeness (QED) is 0.820. The van der Waals surface area contributed by atoms with Crippen molar-refractivity contribution >= 4 is 11.9 Å². The van der Waals surface area contributed by atoms with Gasteiger partial charge in [-0.3, -0.25) is 9.67 Å². The fourth-order valence-electron chi connectivity index (χ4n) is 3.92. The molecule has 8 heteroatoms. The highest BCUT2D eigenvalue weighted by Gasteiger charge is 2.32. The maximum absolute atomic E-state index is 12.7. The number of aromatic nitrogens is 2. The number of piperidine rings is 1. The molecule has 2 heterocycles. The van der Waals surface area contributed by atoms with Crippen molar-refractivity contribution in [2.24, 2.45) is 10.7 Å². The van der Waals surface area contributed by atoms with Crippen molar-refractivity contribution in [3.8, 4) is 0 Å². The summed E-state index contributed by atoms with van der Waals surface area (Å²) in [5.74, 6) is 0. The third-order valence-electron chi connectivity index (χ3n) is 5.45. The molecule has 1 aliphatic carbocycles. The van der Waals surface area contributed by atoms with Crippen LogP contribution in [0, 0.1) is 6.92 Å². The maximum atomic E-state index is 12.7. The molecule has 0 bridgehead atoms. The maximum Gasteiger partial charge on any atom is 0.419 e. The van der Waals surface area contributed by atoms with E-state index in [0.29, 0.717) is 17.6 Å². The topological polar surface area (TPSA) is 59.4 Å². The Hall–Kier alpha value is -1.83. The van der Waals surface area contributed by atoms with Gasteiger partial charge in [-0.1, -0.05) is 12.8 Å². The second-order valence-corrected chi connectivity index (χ2v) is 7.16. The average Bonchev–Trinajstić information content (AvgIpc) is 3.25. The largest absolute Gasteiger partial charge is 0.419 e. The van der Waals surface area contributed by atoms with Gasteiger partial charge in [0, 0.05) is 31.5 Å². The minimum atomic E-state index is -4.50. The van der Waals surface area contributed by atoms with Crippen LogP contribution in [0.4, 0.5) is 18.9 Å². The lowest BCUT2D eigenvalue weighted by molar-refractivity contribution is -0.0857. The third-order valence-corrected chi connectivity index (χ3v) is 5.45. The molecule has 0 amide bonds. The summed E-state index contributed by atoms with van der Waals surface area (Å²) >= 11 is 0. The fourth-order valence-corrected chi connectivity index (χ4v) is 3.92. The summed E-state index contributed by atoms with van der Waals surface area (Å²) in [6, 6.07) is 1.02. The van der Waals surface area contributed by atoms with Crippen LogP contribution in [0.1, 0.15) is 50.3 Å². The van der Waals surface area contributed by atoms with Crippen LogP contribution in [0.25, 0.3) is 0 Å². The van der Waals surface area contributed by atoms with E-state index in [1.807, 2.05) is 4.68 Å². The van der Waals surface area contributed by atoms with Crippen molar-refractivity contribution < 1.29 is 13.2 Å². The van der Waals surface area contributed by atoms with Crippen molar-refractivity contribution in [2.45, 2.75) is 63.7 Å². The number of aryl methyl sites for hydroxylation is 1. The first-order chi connectivity index (χ1) is 12.4. The molecule has 0 aromatic carbocycles. The molecule has 0 atom stereocenters. The van der Waals surface area contributed by atoms with Gasteiger partial charge in [0.1, 0.15) is 5.69 Å². The Kier molecular flexibility index (Phi) is 5.70. The van der Waals surface area contributed by atoms with E-state index < -0.39 is 11.7 Å². The van der Waals surface area contributed by atoms with Gasteiger partial charge in [0.15, 0.2) is 0 Å². The monoisotopic (exact) mass is 369 g/mol. The standard InChI is InChI=1S/C18H26F3N5/c1-13-17(23-11-14(10-22)18(19,20)21)12-26(24-13)16-6-8-25(9-7-16)15-4-2-3-5-15/h10-12,15-16H,2-9,22H2,1H3/b14-10-,23-11?. The molecule has 0 unspecified atom stereocenters. The van der Waals surface area contributed by atoms with E-state index in [2.05, 4.69) is 15.0 Å². The van der Waals surface area contributed by atoms with Crippen LogP contribution in [0.5, 0.6) is 0 Å². The Balaban J connectivity index is 1.63. The Morgan fingerprint density at radius 3 is 2.42 bits per heavy atom. The molecule has 5 nitrogen and oxygen atoms in total. The SMILES string of the molecule is Cc1nn(C2CCN(C3CCCC3)CC2)cc1N=C/C(=C/N)C(F)(F)F. The van der Waals surface area contributed by atoms with Gasteiger partial charge in [-0.25, -0.2) is 0 Å². The third kappa shape index (κ3) is 4.28. The van der Waals surface area contributed by atoms with Crippen LogP contribution in [0.15, 0.2) is 23.0 Å². The molecular formula is C18H26F3N5. The Bertz CT molecular complexity index is 663. The number of alkyl halides is 3. The molecule has 2 N–H and O–H groups in total. The second-order valence-electron chi connectivity index (χ2n) is 7.16. The minimum Gasteiger partial charge on any atom is -0.404 e. The fraction of sp³-hybridized carbons (Fsp3) is 0.667. The van der Waals surface area contributed by atoms with Gasteiger partial charge in [0.05, 0.1) is 23.5 Å². The van der Waals surface area contributed by atoms with Gasteiger partial charge < -0.3 is 10.6 Å². The van der Waals surface area contributed by atoms with E-state index in [1.54, 1.807) is 13.1 Å². The zero-order valence-corrected chi connectivity index (χ0v) is 15.0. The summed E-state index contributed by atoms with van der Waals surface area (Å²) in [7, 11) is 0. The van der Waals surface area contributed by atoms with Crippen LogP contribution in [0.2, 0.25) is 0 Å². The summed E-state index contributed by atoms with van der Waals surface area (Å²) < 4.78 is 40.0. The normalized spacial score (nSPS) is 21.9. The Morgan fingerprint density at radius 2 is 1.85 bits per heavy atom. The minimum absolute atomic E-state index is 0.280. The molecule has 1 aromatic heterocycles. The van der Waals surface area contributed by atoms with Crippen LogP contribution < -0.4 is 5.73 Å². The van der Waals surface area contributed by atoms with Crippen molar-refractivity contribution in [1.82, 2.24) is 14.7 Å². The molecule has 0 radical (unpaired) electrons. The number of allylic oxidation sites excluding steroid dienone is 1. The van der Waals surface area contributed by atoms with Crippen molar-refractivity contribution in [3.05, 3.63) is 23.7 Å². The van der Waals surface area contributed by atoms with Crippen molar-refractivity contribution in [2.75, 3.05) is 13.1 Å². The number of hydrogen-bond acceptors (Lipinski definition) is 4. The Morgan fingerprint density at radius 1 is 1.19 bits per heavy atom. The molecule has 144 valence electrons. The number of hydrogen-bond donors (Lipinski definition) is 1. The van der Waals surface area contributed by atoms with Crippen molar-refractivity contribution in [3.63, 3.8) is 0 Å². The van der Waals surface area contributed by atoms with Crippen LogP contribution in [-0.4, -0.2) is 46.2 Å². The first-order valence-corrected chi connectivity index (χ1v) is 9.21. The molecule has 0 spiro atoms. The molecule has 1 aromatic rings. The number of aliphatic imine (C=N–C) groups is 1. The zero-order valence-electron chi connectivity index (χ0n) is 15.0. The van der Waals surface area contributed by atoms with Gasteiger partial charge in [0.2, 0.25) is 0 Å². The first-order valence-electron chi connectivity index (χ1n) is 9.21. The molecule has 1 aliphatic heterocycles. The zero-order chi connectivity index (χ0) is 18.7. The smallest absolute Gasteiger partial charge is 0.404 e. The summed E-state index contributed by atoms with van der Waals surface area (Å²) in [5.41, 5.74) is 5.16. The van der Waals surface area contributed by atoms with Crippen LogP contribution in [-0.2, 0) is 0 Å². The van der Waals surface area contributed by atoms with Gasteiger partial charge in [0.25, 0.3) is 0 Å². The number of nitrogens with zero attached hydrogens (tertiary/aromatic N) is 4. The van der Waals surface area contributed by atoms with Gasteiger partial charge in [-0.05, 0) is 32.6 Å². The number of halogens is 3. The molecule has 1 saturated heterocycles. The van der Waals surface area contributed by atoms with E-state index in [-0.39, 0.29) is 6.04 Å². The Labute approximate surface area is 151 Å². The molecule has 2 aliphatic rings. The highest BCUT2D eigenvalue weighted by Crippen LogP contribution is 2.31. The van der Waals surface area contributed by atoms with Crippen LogP contribution >= 0.6 is 0 Å². The van der Waals surface area contributed by atoms with E-state index in [0.717, 1.165) is 38.2 Å². The number of likely N-dealkylation sites (tertiary alicyclic amines) is 1. The lowest BCUT2D eigenvalue weighted by atomic mass is 10.0. The molecule has 2 fully saturated rings. The molecule has 1 saturated carbocycles. The highest BCUT2D eigenvalue weighted by atomic mass is 19.4. The lowest BCUT2D eigenvalue weighted by Crippen LogP contribution is -2.40. The summed E-state index contributed by atoms with van der Waals surface area (Å²) in [5, 5.41) is 4.48. The average molecular weight is 369 g/mol. The van der Waals surface area contributed by atoms with E-state index >= 15 is 0 Å². The van der Waals surface area contributed by atoms with E-state index in [1.165, 1.54) is 25.7 Å². The number of nitrogens with two attached hydrogens (primary N) is 1. The predicted molar refractivity (Wildman–Crippen MR) is 95.5 cm³/mol. The number of rotatable bonds is 4. The van der Waals surface area contributed by atoms with Crippen LogP contribution in [0.3, 0.4) is 0 Å². The van der Waals surface area contributed by atoms with Gasteiger partial charge in [-0.15, -0.1) is 0 Å². The second kappa shape index (κ2) is 7.82. The van der Waals surface area contributed by atoms with E-state index in [4.69, 9.17) is 5.73 Å². The predicted octanol–water partition coefficient (Wildman–Crippen LogP) is 3.88. The van der Waals surface area contributed by atoms with Crippen molar-refractivity contribution in [1.29, 1.82) is 0 Å².